The van der Waals surface area contributed by atoms with E-state index in [1.165, 1.54) is 34.4 Å². The number of anilines is 1. The molecule has 0 fully saturated rings. The number of rotatable bonds is 10. The van der Waals surface area contributed by atoms with E-state index < -0.39 is 21.7 Å². The largest absolute Gasteiger partial charge is 0.348 e. The molecule has 3 aromatic rings. The van der Waals surface area contributed by atoms with Crippen molar-refractivity contribution < 1.29 is 22.4 Å². The molecule has 0 spiro atoms. The normalized spacial score (nSPS) is 13.7. The van der Waals surface area contributed by atoms with Crippen LogP contribution in [0.4, 0.5) is 10.1 Å². The third-order valence-corrected chi connectivity index (χ3v) is 8.13. The standard InChI is InChI=1S/C23H23ClFN5O4S2/c1-29(9-6-16-13-26-14-27-16)22(31)15-2-4-20(18(25)12-15)30-10-7-19(23(30)32)28-36(33,34)11-8-17-3-5-21(24)35-17/h2-5,7,12-14,28H,6,8-11H2,1H3,(H,26,27). The number of halogens is 2. The van der Waals surface area contributed by atoms with Crippen LogP contribution in [0.3, 0.4) is 0 Å². The van der Waals surface area contributed by atoms with Gasteiger partial charge in [-0.25, -0.2) is 17.8 Å². The van der Waals surface area contributed by atoms with Crippen molar-refractivity contribution >= 4 is 50.5 Å². The zero-order chi connectivity index (χ0) is 25.9. The van der Waals surface area contributed by atoms with Crippen molar-refractivity contribution in [1.82, 2.24) is 19.6 Å². The Kier molecular flexibility index (Phi) is 7.76. The molecular weight excluding hydrogens is 529 g/mol. The van der Waals surface area contributed by atoms with Crippen LogP contribution in [0.15, 0.2) is 54.6 Å². The van der Waals surface area contributed by atoms with E-state index >= 15 is 0 Å². The molecular formula is C23H23ClFN5O4S2. The van der Waals surface area contributed by atoms with Crippen LogP contribution in [0.1, 0.15) is 20.9 Å². The third kappa shape index (κ3) is 6.12. The van der Waals surface area contributed by atoms with E-state index in [1.54, 1.807) is 31.7 Å². The molecule has 0 aliphatic carbocycles. The highest BCUT2D eigenvalue weighted by Crippen LogP contribution is 2.26. The zero-order valence-electron chi connectivity index (χ0n) is 19.2. The van der Waals surface area contributed by atoms with Gasteiger partial charge in [-0.3, -0.25) is 14.3 Å². The highest BCUT2D eigenvalue weighted by molar-refractivity contribution is 7.89. The number of benzene rings is 1. The van der Waals surface area contributed by atoms with Crippen LogP contribution in [-0.2, 0) is 27.7 Å². The van der Waals surface area contributed by atoms with Crippen LogP contribution in [0, 0.1) is 5.82 Å². The molecule has 0 saturated carbocycles. The molecule has 0 radical (unpaired) electrons. The Morgan fingerprint density at radius 2 is 2.11 bits per heavy atom. The Hall–Kier alpha value is -3.22. The van der Waals surface area contributed by atoms with Gasteiger partial charge in [-0.15, -0.1) is 11.3 Å². The molecule has 2 amide bonds. The first-order chi connectivity index (χ1) is 17.1. The minimum absolute atomic E-state index is 0.00842. The van der Waals surface area contributed by atoms with Gasteiger partial charge in [-0.2, -0.15) is 0 Å². The van der Waals surface area contributed by atoms with Crippen LogP contribution >= 0.6 is 22.9 Å². The molecule has 0 unspecified atom stereocenters. The Labute approximate surface area is 216 Å². The summed E-state index contributed by atoms with van der Waals surface area (Å²) in [7, 11) is -2.19. The second kappa shape index (κ2) is 10.8. The second-order valence-corrected chi connectivity index (χ2v) is 11.8. The molecule has 2 aromatic heterocycles. The number of hydrogen-bond donors (Lipinski definition) is 2. The summed E-state index contributed by atoms with van der Waals surface area (Å²) in [5, 5.41) is 0. The van der Waals surface area contributed by atoms with Crippen molar-refractivity contribution in [2.24, 2.45) is 0 Å². The molecule has 1 aromatic carbocycles. The average Bonchev–Trinajstić information content (AvgIpc) is 3.59. The Balaban J connectivity index is 1.36. The summed E-state index contributed by atoms with van der Waals surface area (Å²) in [4.78, 5) is 35.8. The van der Waals surface area contributed by atoms with Crippen molar-refractivity contribution in [2.75, 3.05) is 30.8 Å². The summed E-state index contributed by atoms with van der Waals surface area (Å²) in [6, 6.07) is 7.30. The summed E-state index contributed by atoms with van der Waals surface area (Å²) in [6.45, 7) is 0.396. The van der Waals surface area contributed by atoms with E-state index in [9.17, 15) is 22.4 Å². The number of aryl methyl sites for hydroxylation is 1. The van der Waals surface area contributed by atoms with Crippen LogP contribution in [0.2, 0.25) is 4.34 Å². The first-order valence-electron chi connectivity index (χ1n) is 10.9. The number of sulfonamides is 1. The summed E-state index contributed by atoms with van der Waals surface area (Å²) < 4.78 is 42.7. The van der Waals surface area contributed by atoms with E-state index in [4.69, 9.17) is 11.6 Å². The molecule has 2 N–H and O–H groups in total. The number of aromatic amines is 1. The van der Waals surface area contributed by atoms with Gasteiger partial charge < -0.3 is 14.8 Å². The fraction of sp³-hybridized carbons (Fsp3) is 0.261. The van der Waals surface area contributed by atoms with Gasteiger partial charge in [-0.05, 0) is 42.8 Å². The van der Waals surface area contributed by atoms with Crippen molar-refractivity contribution in [2.45, 2.75) is 12.8 Å². The molecule has 0 atom stereocenters. The van der Waals surface area contributed by atoms with E-state index in [1.807, 2.05) is 0 Å². The highest BCUT2D eigenvalue weighted by atomic mass is 35.5. The number of thiophene rings is 1. The smallest absolute Gasteiger partial charge is 0.275 e. The highest BCUT2D eigenvalue weighted by Gasteiger charge is 2.30. The molecule has 3 heterocycles. The van der Waals surface area contributed by atoms with Crippen LogP contribution in [0.25, 0.3) is 0 Å². The number of hydrogen-bond acceptors (Lipinski definition) is 6. The van der Waals surface area contributed by atoms with Gasteiger partial charge in [-0.1, -0.05) is 11.6 Å². The lowest BCUT2D eigenvalue weighted by molar-refractivity contribution is -0.114. The fourth-order valence-corrected chi connectivity index (χ4v) is 5.93. The summed E-state index contributed by atoms with van der Waals surface area (Å²) in [5.41, 5.74) is 0.823. The quantitative estimate of drug-likeness (QED) is 0.402. The predicted octanol–water partition coefficient (Wildman–Crippen LogP) is 2.97. The number of carbonyl (C=O) groups is 2. The molecule has 1 aliphatic heterocycles. The maximum Gasteiger partial charge on any atom is 0.275 e. The van der Waals surface area contributed by atoms with Crippen LogP contribution < -0.4 is 9.62 Å². The predicted molar refractivity (Wildman–Crippen MR) is 136 cm³/mol. The van der Waals surface area contributed by atoms with E-state index in [2.05, 4.69) is 14.7 Å². The number of nitrogens with zero attached hydrogens (tertiary/aromatic N) is 3. The van der Waals surface area contributed by atoms with Crippen molar-refractivity contribution in [3.05, 3.63) is 80.9 Å². The number of aromatic nitrogens is 2. The van der Waals surface area contributed by atoms with Gasteiger partial charge >= 0.3 is 0 Å². The van der Waals surface area contributed by atoms with Crippen molar-refractivity contribution in [3.8, 4) is 0 Å². The van der Waals surface area contributed by atoms with Gasteiger partial charge in [0.2, 0.25) is 10.0 Å². The molecule has 190 valence electrons. The Morgan fingerprint density at radius 1 is 1.31 bits per heavy atom. The summed E-state index contributed by atoms with van der Waals surface area (Å²) >= 11 is 7.16. The first kappa shape index (κ1) is 25.9. The number of likely N-dealkylation sites (N-methyl/N-ethyl adjacent to an activating group) is 1. The molecule has 13 heteroatoms. The summed E-state index contributed by atoms with van der Waals surface area (Å²) in [5.74, 6) is -2.03. The van der Waals surface area contributed by atoms with Crippen LogP contribution in [-0.4, -0.2) is 61.0 Å². The Bertz CT molecular complexity index is 1410. The maximum atomic E-state index is 14.9. The fourth-order valence-electron chi connectivity index (χ4n) is 3.62. The van der Waals surface area contributed by atoms with E-state index in [-0.39, 0.29) is 41.6 Å². The lowest BCUT2D eigenvalue weighted by Crippen LogP contribution is -2.35. The van der Waals surface area contributed by atoms with Gasteiger partial charge in [0.25, 0.3) is 11.8 Å². The van der Waals surface area contributed by atoms with E-state index in [0.29, 0.717) is 17.3 Å². The third-order valence-electron chi connectivity index (χ3n) is 5.57. The second-order valence-electron chi connectivity index (χ2n) is 8.13. The van der Waals surface area contributed by atoms with Gasteiger partial charge in [0, 0.05) is 48.9 Å². The first-order valence-corrected chi connectivity index (χ1v) is 13.8. The van der Waals surface area contributed by atoms with Gasteiger partial charge in [0.05, 0.1) is 22.1 Å². The van der Waals surface area contributed by atoms with Crippen molar-refractivity contribution in [3.63, 3.8) is 0 Å². The molecule has 9 nitrogen and oxygen atoms in total. The van der Waals surface area contributed by atoms with Gasteiger partial charge in [0.15, 0.2) is 0 Å². The number of carbonyl (C=O) groups excluding carboxylic acids is 2. The molecule has 1 aliphatic rings. The van der Waals surface area contributed by atoms with E-state index in [0.717, 1.165) is 21.5 Å². The lowest BCUT2D eigenvalue weighted by atomic mass is 10.1. The number of imidazole rings is 1. The zero-order valence-corrected chi connectivity index (χ0v) is 21.6. The van der Waals surface area contributed by atoms with Crippen LogP contribution in [0.5, 0.6) is 0 Å². The number of amides is 2. The minimum Gasteiger partial charge on any atom is -0.348 e. The molecule has 0 saturated heterocycles. The monoisotopic (exact) mass is 551 g/mol. The number of nitrogens with one attached hydrogen (secondary N) is 2. The SMILES string of the molecule is CN(CCc1cnc[nH]1)C(=O)c1ccc(N2CC=C(NS(=O)(=O)CCc3ccc(Cl)s3)C2=O)c(F)c1. The maximum absolute atomic E-state index is 14.9. The molecule has 4 rings (SSSR count). The molecule has 0 bridgehead atoms. The number of H-pyrrole nitrogens is 1. The van der Waals surface area contributed by atoms with Gasteiger partial charge in [0.1, 0.15) is 11.5 Å². The molecule has 36 heavy (non-hydrogen) atoms. The lowest BCUT2D eigenvalue weighted by Gasteiger charge is -2.20. The summed E-state index contributed by atoms with van der Waals surface area (Å²) in [6.07, 6.45) is 5.43. The minimum atomic E-state index is -3.80. The average molecular weight is 552 g/mol. The Morgan fingerprint density at radius 3 is 2.78 bits per heavy atom. The van der Waals surface area contributed by atoms with Crippen molar-refractivity contribution in [1.29, 1.82) is 0 Å². The topological polar surface area (TPSA) is 115 Å².